The topological polar surface area (TPSA) is 33.2 Å². The van der Waals surface area contributed by atoms with Crippen molar-refractivity contribution in [1.29, 1.82) is 0 Å². The van der Waals surface area contributed by atoms with E-state index < -0.39 is 0 Å². The van der Waals surface area contributed by atoms with E-state index in [-0.39, 0.29) is 5.78 Å². The highest BCUT2D eigenvalue weighted by atomic mass is 32.1. The predicted molar refractivity (Wildman–Crippen MR) is 91.3 cm³/mol. The number of Topliss-reactive ketones (excluding diaryl/α,β-unsaturated/α-hetero) is 1. The number of nitrogens with zero attached hydrogens (tertiary/aromatic N) is 2. The van der Waals surface area contributed by atoms with Gasteiger partial charge < -0.3 is 0 Å². The molecule has 1 aliphatic heterocycles. The average Bonchev–Trinajstić information content (AvgIpc) is 3.18. The van der Waals surface area contributed by atoms with Crippen LogP contribution in [0.3, 0.4) is 0 Å². The van der Waals surface area contributed by atoms with E-state index in [1.165, 1.54) is 24.4 Å². The summed E-state index contributed by atoms with van der Waals surface area (Å²) < 4.78 is 4.63. The summed E-state index contributed by atoms with van der Waals surface area (Å²) in [4.78, 5) is 16.2. The lowest BCUT2D eigenvalue weighted by atomic mass is 10.0. The second kappa shape index (κ2) is 7.16. The fraction of sp³-hybridized carbons (Fsp3) is 0.444. The minimum Gasteiger partial charge on any atom is -0.298 e. The van der Waals surface area contributed by atoms with Crippen LogP contribution < -0.4 is 0 Å². The van der Waals surface area contributed by atoms with Crippen molar-refractivity contribution in [1.82, 2.24) is 9.27 Å². The van der Waals surface area contributed by atoms with Crippen molar-refractivity contribution in [3.63, 3.8) is 0 Å². The smallest absolute Gasteiger partial charge is 0.166 e. The lowest BCUT2D eigenvalue weighted by Crippen LogP contribution is -2.19. The van der Waals surface area contributed by atoms with E-state index in [1.807, 2.05) is 30.3 Å². The summed E-state index contributed by atoms with van der Waals surface area (Å²) in [6.45, 7) is 5.20. The molecule has 1 aromatic carbocycles. The molecule has 0 aliphatic carbocycles. The molecule has 0 saturated carbocycles. The summed E-state index contributed by atoms with van der Waals surface area (Å²) in [7, 11) is 0. The van der Waals surface area contributed by atoms with Crippen LogP contribution in [0.2, 0.25) is 0 Å². The van der Waals surface area contributed by atoms with Crippen LogP contribution in [0.25, 0.3) is 11.3 Å². The lowest BCUT2D eigenvalue weighted by molar-refractivity contribution is 0.0981. The normalized spacial score (nSPS) is 15.3. The van der Waals surface area contributed by atoms with Crippen molar-refractivity contribution in [3.8, 4) is 11.3 Å². The number of ketones is 1. The number of rotatable bonds is 6. The van der Waals surface area contributed by atoms with E-state index >= 15 is 0 Å². The molecule has 3 rings (SSSR count). The first-order valence-corrected chi connectivity index (χ1v) is 8.86. The molecule has 2 heterocycles. The third-order valence-corrected chi connectivity index (χ3v) is 4.96. The lowest BCUT2D eigenvalue weighted by Gasteiger charge is -2.14. The maximum absolute atomic E-state index is 12.6. The zero-order chi connectivity index (χ0) is 15.4. The largest absolute Gasteiger partial charge is 0.298 e. The Morgan fingerprint density at radius 3 is 2.64 bits per heavy atom. The zero-order valence-electron chi connectivity index (χ0n) is 13.0. The van der Waals surface area contributed by atoms with Crippen LogP contribution >= 0.6 is 11.5 Å². The Morgan fingerprint density at radius 1 is 1.23 bits per heavy atom. The summed E-state index contributed by atoms with van der Waals surface area (Å²) in [6, 6.07) is 10.1. The molecule has 1 fully saturated rings. The summed E-state index contributed by atoms with van der Waals surface area (Å²) in [5.74, 6) is 0.240. The Labute approximate surface area is 136 Å². The Morgan fingerprint density at radius 2 is 1.95 bits per heavy atom. The number of hydrogen-bond acceptors (Lipinski definition) is 4. The van der Waals surface area contributed by atoms with Crippen LogP contribution in [0, 0.1) is 0 Å². The summed E-state index contributed by atoms with van der Waals surface area (Å²) in [5, 5.41) is 0. The third kappa shape index (κ3) is 3.28. The Hall–Kier alpha value is -1.52. The van der Waals surface area contributed by atoms with Gasteiger partial charge in [-0.05, 0) is 43.9 Å². The van der Waals surface area contributed by atoms with Gasteiger partial charge in [0.25, 0.3) is 0 Å². The summed E-state index contributed by atoms with van der Waals surface area (Å²) in [5.41, 5.74) is 2.79. The second-order valence-electron chi connectivity index (χ2n) is 5.85. The molecule has 0 bridgehead atoms. The monoisotopic (exact) mass is 314 g/mol. The number of carbonyl (C=O) groups excluding carboxylic acids is 1. The quantitative estimate of drug-likeness (QED) is 0.741. The maximum Gasteiger partial charge on any atom is 0.166 e. The van der Waals surface area contributed by atoms with Gasteiger partial charge in [-0.2, -0.15) is 4.37 Å². The Kier molecular flexibility index (Phi) is 5.01. The molecule has 0 unspecified atom stereocenters. The van der Waals surface area contributed by atoms with E-state index in [4.69, 9.17) is 0 Å². The first-order valence-electron chi connectivity index (χ1n) is 8.09. The molecule has 0 spiro atoms. The van der Waals surface area contributed by atoms with Crippen molar-refractivity contribution >= 4 is 17.3 Å². The highest BCUT2D eigenvalue weighted by molar-refractivity contribution is 7.06. The SMILES string of the molecule is CCCC(=O)c1c(-c2ccccc2)nsc1CN1CCCC1. The van der Waals surface area contributed by atoms with Gasteiger partial charge in [0.1, 0.15) is 0 Å². The van der Waals surface area contributed by atoms with E-state index in [2.05, 4.69) is 16.2 Å². The van der Waals surface area contributed by atoms with Gasteiger partial charge in [0, 0.05) is 18.5 Å². The highest BCUT2D eigenvalue weighted by Gasteiger charge is 2.23. The van der Waals surface area contributed by atoms with Crippen LogP contribution in [0.15, 0.2) is 30.3 Å². The van der Waals surface area contributed by atoms with Crippen molar-refractivity contribution in [3.05, 3.63) is 40.8 Å². The minimum absolute atomic E-state index is 0.240. The Bertz CT molecular complexity index is 630. The fourth-order valence-electron chi connectivity index (χ4n) is 3.01. The van der Waals surface area contributed by atoms with Gasteiger partial charge in [0.05, 0.1) is 16.1 Å². The molecule has 0 amide bonds. The molecule has 4 heteroatoms. The number of aromatic nitrogens is 1. The molecule has 1 aliphatic rings. The van der Waals surface area contributed by atoms with Crippen molar-refractivity contribution in [2.75, 3.05) is 13.1 Å². The molecule has 0 N–H and O–H groups in total. The van der Waals surface area contributed by atoms with E-state index in [1.54, 1.807) is 0 Å². The molecule has 0 radical (unpaired) electrons. The van der Waals surface area contributed by atoms with Crippen molar-refractivity contribution in [2.24, 2.45) is 0 Å². The molecular weight excluding hydrogens is 292 g/mol. The molecule has 2 aromatic rings. The first kappa shape index (κ1) is 15.4. The number of hydrogen-bond donors (Lipinski definition) is 0. The van der Waals surface area contributed by atoms with Gasteiger partial charge in [-0.25, -0.2) is 0 Å². The third-order valence-electron chi connectivity index (χ3n) is 4.13. The number of benzene rings is 1. The molecule has 0 atom stereocenters. The molecule has 1 saturated heterocycles. The van der Waals surface area contributed by atoms with Crippen LogP contribution in [0.4, 0.5) is 0 Å². The van der Waals surface area contributed by atoms with Gasteiger partial charge in [-0.1, -0.05) is 37.3 Å². The van der Waals surface area contributed by atoms with Crippen LogP contribution in [0.1, 0.15) is 47.8 Å². The van der Waals surface area contributed by atoms with Gasteiger partial charge >= 0.3 is 0 Å². The van der Waals surface area contributed by atoms with E-state index in [0.717, 1.165) is 47.8 Å². The first-order chi connectivity index (χ1) is 10.8. The van der Waals surface area contributed by atoms with Crippen molar-refractivity contribution in [2.45, 2.75) is 39.2 Å². The zero-order valence-corrected chi connectivity index (χ0v) is 13.9. The fourth-order valence-corrected chi connectivity index (χ4v) is 3.95. The molecular formula is C18H22N2OS. The van der Waals surface area contributed by atoms with Gasteiger partial charge in [-0.3, -0.25) is 9.69 Å². The van der Waals surface area contributed by atoms with E-state index in [9.17, 15) is 4.79 Å². The van der Waals surface area contributed by atoms with Crippen LogP contribution in [0.5, 0.6) is 0 Å². The Balaban J connectivity index is 1.95. The standard InChI is InChI=1S/C18H22N2OS/c1-2-8-15(21)17-16(13-20-11-6-7-12-20)22-19-18(17)14-9-4-3-5-10-14/h3-5,9-10H,2,6-8,11-13H2,1H3. The maximum atomic E-state index is 12.6. The molecule has 22 heavy (non-hydrogen) atoms. The summed E-state index contributed by atoms with van der Waals surface area (Å²) >= 11 is 1.50. The molecule has 116 valence electrons. The van der Waals surface area contributed by atoms with Crippen LogP contribution in [-0.4, -0.2) is 28.1 Å². The van der Waals surface area contributed by atoms with Crippen molar-refractivity contribution < 1.29 is 4.79 Å². The predicted octanol–water partition coefficient (Wildman–Crippen LogP) is 4.39. The van der Waals surface area contributed by atoms with E-state index in [0.29, 0.717) is 6.42 Å². The second-order valence-corrected chi connectivity index (χ2v) is 6.71. The molecule has 3 nitrogen and oxygen atoms in total. The summed E-state index contributed by atoms with van der Waals surface area (Å²) in [6.07, 6.45) is 4.02. The van der Waals surface area contributed by atoms with Crippen LogP contribution in [-0.2, 0) is 6.54 Å². The van der Waals surface area contributed by atoms with Gasteiger partial charge in [-0.15, -0.1) is 0 Å². The molecule has 1 aromatic heterocycles. The van der Waals surface area contributed by atoms with Gasteiger partial charge in [0.15, 0.2) is 5.78 Å². The number of likely N-dealkylation sites (tertiary alicyclic amines) is 1. The van der Waals surface area contributed by atoms with Gasteiger partial charge in [0.2, 0.25) is 0 Å². The number of carbonyl (C=O) groups is 1. The average molecular weight is 314 g/mol. The highest BCUT2D eigenvalue weighted by Crippen LogP contribution is 2.31. The minimum atomic E-state index is 0.240.